The van der Waals surface area contributed by atoms with Crippen molar-refractivity contribution in [2.75, 3.05) is 10.6 Å². The summed E-state index contributed by atoms with van der Waals surface area (Å²) in [5, 5.41) is 11.5. The average Bonchev–Trinajstić information content (AvgIpc) is 2.70. The van der Waals surface area contributed by atoms with E-state index < -0.39 is 0 Å². The third-order valence-corrected chi connectivity index (χ3v) is 3.89. The summed E-state index contributed by atoms with van der Waals surface area (Å²) >= 11 is 5.40. The molecule has 0 saturated heterocycles. The van der Waals surface area contributed by atoms with E-state index in [0.29, 0.717) is 5.11 Å². The molecule has 0 spiro atoms. The summed E-state index contributed by atoms with van der Waals surface area (Å²) in [5.74, 6) is 0. The number of anilines is 2. The Morgan fingerprint density at radius 3 is 2.43 bits per heavy atom. The number of benzene rings is 1. The highest BCUT2D eigenvalue weighted by Gasteiger charge is 2.11. The maximum absolute atomic E-state index is 5.40. The van der Waals surface area contributed by atoms with Crippen LogP contribution in [0, 0.1) is 27.7 Å². The first-order chi connectivity index (χ1) is 9.92. The highest BCUT2D eigenvalue weighted by molar-refractivity contribution is 7.80. The zero-order chi connectivity index (χ0) is 15.6. The van der Waals surface area contributed by atoms with Crippen LogP contribution in [-0.4, -0.2) is 14.9 Å². The van der Waals surface area contributed by atoms with Gasteiger partial charge in [-0.3, -0.25) is 4.68 Å². The normalized spacial score (nSPS) is 10.5. The van der Waals surface area contributed by atoms with Gasteiger partial charge in [0.15, 0.2) is 5.11 Å². The van der Waals surface area contributed by atoms with Crippen LogP contribution in [0.2, 0.25) is 0 Å². The SMILES string of the molecule is CCn1nc(C)c(NC(=S)Nc2ccc(C)c(C)c2)c1C. The van der Waals surface area contributed by atoms with Gasteiger partial charge in [0, 0.05) is 12.2 Å². The van der Waals surface area contributed by atoms with Crippen molar-refractivity contribution in [2.24, 2.45) is 0 Å². The van der Waals surface area contributed by atoms with Gasteiger partial charge in [0.1, 0.15) is 0 Å². The second-order valence-electron chi connectivity index (χ2n) is 5.24. The van der Waals surface area contributed by atoms with Gasteiger partial charge in [0.25, 0.3) is 0 Å². The summed E-state index contributed by atoms with van der Waals surface area (Å²) < 4.78 is 1.97. The lowest BCUT2D eigenvalue weighted by atomic mass is 10.1. The van der Waals surface area contributed by atoms with Crippen LogP contribution in [0.4, 0.5) is 11.4 Å². The van der Waals surface area contributed by atoms with Gasteiger partial charge in [-0.25, -0.2) is 0 Å². The highest BCUT2D eigenvalue weighted by Crippen LogP contribution is 2.20. The van der Waals surface area contributed by atoms with Crippen molar-refractivity contribution in [1.82, 2.24) is 9.78 Å². The van der Waals surface area contributed by atoms with Crippen molar-refractivity contribution < 1.29 is 0 Å². The Kier molecular flexibility index (Phi) is 4.63. The minimum absolute atomic E-state index is 0.583. The lowest BCUT2D eigenvalue weighted by Gasteiger charge is -2.12. The predicted octanol–water partition coefficient (Wildman–Crippen LogP) is 3.95. The van der Waals surface area contributed by atoms with Crippen molar-refractivity contribution >= 4 is 28.7 Å². The molecule has 2 rings (SSSR count). The fourth-order valence-corrected chi connectivity index (χ4v) is 2.50. The molecule has 2 N–H and O–H groups in total. The van der Waals surface area contributed by atoms with E-state index in [1.54, 1.807) is 0 Å². The van der Waals surface area contributed by atoms with Gasteiger partial charge in [-0.05, 0) is 70.1 Å². The molecule has 1 aromatic carbocycles. The summed E-state index contributed by atoms with van der Waals surface area (Å²) in [5.41, 5.74) is 6.55. The molecule has 0 bridgehead atoms. The van der Waals surface area contributed by atoms with Crippen LogP contribution in [0.25, 0.3) is 0 Å². The molecule has 0 unspecified atom stereocenters. The maximum atomic E-state index is 5.40. The number of nitrogens with zero attached hydrogens (tertiary/aromatic N) is 2. The molecule has 5 heteroatoms. The molecule has 0 atom stereocenters. The molecule has 0 amide bonds. The second-order valence-corrected chi connectivity index (χ2v) is 5.65. The summed E-state index contributed by atoms with van der Waals surface area (Å²) in [4.78, 5) is 0. The lowest BCUT2D eigenvalue weighted by molar-refractivity contribution is 0.634. The van der Waals surface area contributed by atoms with Crippen molar-refractivity contribution in [3.05, 3.63) is 40.7 Å². The van der Waals surface area contributed by atoms with Crippen LogP contribution >= 0.6 is 12.2 Å². The number of thiocarbonyl (C=S) groups is 1. The van der Waals surface area contributed by atoms with Crippen LogP contribution in [0.15, 0.2) is 18.2 Å². The molecule has 112 valence electrons. The summed E-state index contributed by atoms with van der Waals surface area (Å²) in [7, 11) is 0. The smallest absolute Gasteiger partial charge is 0.175 e. The maximum Gasteiger partial charge on any atom is 0.175 e. The number of nitrogens with one attached hydrogen (secondary N) is 2. The van der Waals surface area contributed by atoms with Gasteiger partial charge in [0.05, 0.1) is 17.1 Å². The highest BCUT2D eigenvalue weighted by atomic mass is 32.1. The number of aromatic nitrogens is 2. The topological polar surface area (TPSA) is 41.9 Å². The molecule has 0 fully saturated rings. The van der Waals surface area contributed by atoms with Crippen LogP contribution in [0.3, 0.4) is 0 Å². The first-order valence-electron chi connectivity index (χ1n) is 7.11. The van der Waals surface area contributed by atoms with Gasteiger partial charge in [-0.1, -0.05) is 6.07 Å². The van der Waals surface area contributed by atoms with Gasteiger partial charge >= 0.3 is 0 Å². The second kappa shape index (κ2) is 6.26. The molecule has 1 heterocycles. The Balaban J connectivity index is 2.11. The Labute approximate surface area is 131 Å². The minimum atomic E-state index is 0.583. The van der Waals surface area contributed by atoms with Crippen LogP contribution in [0.1, 0.15) is 29.4 Å². The fraction of sp³-hybridized carbons (Fsp3) is 0.375. The predicted molar refractivity (Wildman–Crippen MR) is 93.1 cm³/mol. The molecular formula is C16H22N4S. The number of hydrogen-bond acceptors (Lipinski definition) is 2. The summed E-state index contributed by atoms with van der Waals surface area (Å²) in [6.07, 6.45) is 0. The monoisotopic (exact) mass is 302 g/mol. The third-order valence-electron chi connectivity index (χ3n) is 3.68. The van der Waals surface area contributed by atoms with Crippen LogP contribution in [-0.2, 0) is 6.54 Å². The van der Waals surface area contributed by atoms with Gasteiger partial charge < -0.3 is 10.6 Å². The molecule has 0 aliphatic rings. The molecule has 2 aromatic rings. The largest absolute Gasteiger partial charge is 0.332 e. The van der Waals surface area contributed by atoms with Gasteiger partial charge in [-0.15, -0.1) is 0 Å². The van der Waals surface area contributed by atoms with E-state index in [2.05, 4.69) is 48.6 Å². The Hall–Kier alpha value is -1.88. The molecule has 0 aliphatic carbocycles. The fourth-order valence-electron chi connectivity index (χ4n) is 2.28. The third kappa shape index (κ3) is 3.42. The Bertz CT molecular complexity index is 673. The van der Waals surface area contributed by atoms with Crippen molar-refractivity contribution in [2.45, 2.75) is 41.2 Å². The Morgan fingerprint density at radius 1 is 1.14 bits per heavy atom. The zero-order valence-electron chi connectivity index (χ0n) is 13.2. The van der Waals surface area contributed by atoms with E-state index in [9.17, 15) is 0 Å². The molecule has 0 saturated carbocycles. The number of hydrogen-bond donors (Lipinski definition) is 2. The average molecular weight is 302 g/mol. The standard InChI is InChI=1S/C16H22N4S/c1-6-20-13(5)15(12(4)19-20)18-16(21)17-14-8-7-10(2)11(3)9-14/h7-9H,6H2,1-5H3,(H2,17,18,21). The molecule has 0 aliphatic heterocycles. The van der Waals surface area contributed by atoms with E-state index in [0.717, 1.165) is 29.3 Å². The first kappa shape index (κ1) is 15.5. The number of rotatable bonds is 3. The molecule has 4 nitrogen and oxygen atoms in total. The Morgan fingerprint density at radius 2 is 1.86 bits per heavy atom. The lowest BCUT2D eigenvalue weighted by Crippen LogP contribution is -2.20. The molecular weight excluding hydrogens is 280 g/mol. The first-order valence-corrected chi connectivity index (χ1v) is 7.52. The summed E-state index contributed by atoms with van der Waals surface area (Å²) in [6, 6.07) is 6.22. The van der Waals surface area contributed by atoms with E-state index in [-0.39, 0.29) is 0 Å². The van der Waals surface area contributed by atoms with E-state index in [4.69, 9.17) is 12.2 Å². The van der Waals surface area contributed by atoms with Gasteiger partial charge in [0.2, 0.25) is 0 Å². The van der Waals surface area contributed by atoms with Crippen LogP contribution in [0.5, 0.6) is 0 Å². The quantitative estimate of drug-likeness (QED) is 0.843. The van der Waals surface area contributed by atoms with Gasteiger partial charge in [-0.2, -0.15) is 5.10 Å². The van der Waals surface area contributed by atoms with Crippen LogP contribution < -0.4 is 10.6 Å². The molecule has 1 aromatic heterocycles. The van der Waals surface area contributed by atoms with E-state index in [1.165, 1.54) is 11.1 Å². The number of aryl methyl sites for hydroxylation is 4. The van der Waals surface area contributed by atoms with Crippen molar-refractivity contribution in [3.63, 3.8) is 0 Å². The van der Waals surface area contributed by atoms with E-state index >= 15 is 0 Å². The van der Waals surface area contributed by atoms with E-state index in [1.807, 2.05) is 24.6 Å². The zero-order valence-corrected chi connectivity index (χ0v) is 14.1. The van der Waals surface area contributed by atoms with Crippen molar-refractivity contribution in [1.29, 1.82) is 0 Å². The summed E-state index contributed by atoms with van der Waals surface area (Å²) in [6.45, 7) is 11.2. The molecule has 21 heavy (non-hydrogen) atoms. The van der Waals surface area contributed by atoms with Crippen molar-refractivity contribution in [3.8, 4) is 0 Å². The minimum Gasteiger partial charge on any atom is -0.332 e. The molecule has 0 radical (unpaired) electrons.